The van der Waals surface area contributed by atoms with Crippen LogP contribution in [0.5, 0.6) is 0 Å². The molecule has 0 saturated heterocycles. The molecule has 1 aromatic carbocycles. The first-order chi connectivity index (χ1) is 9.41. The van der Waals surface area contributed by atoms with Crippen LogP contribution >= 0.6 is 11.6 Å². The molecule has 1 aliphatic rings. The molecule has 1 amide bonds. The van der Waals surface area contributed by atoms with Gasteiger partial charge in [0.2, 0.25) is 5.91 Å². The smallest absolute Gasteiger partial charge is 0.326 e. The lowest BCUT2D eigenvalue weighted by Gasteiger charge is -2.17. The Hall–Kier alpha value is -1.55. The Labute approximate surface area is 123 Å². The van der Waals surface area contributed by atoms with Crippen LogP contribution in [-0.4, -0.2) is 23.0 Å². The van der Waals surface area contributed by atoms with E-state index >= 15 is 0 Å². The summed E-state index contributed by atoms with van der Waals surface area (Å²) >= 11 is 6.11. The highest BCUT2D eigenvalue weighted by molar-refractivity contribution is 6.31. The van der Waals surface area contributed by atoms with E-state index in [1.807, 2.05) is 18.2 Å². The fraction of sp³-hybridized carbons (Fsp3) is 0.467. The summed E-state index contributed by atoms with van der Waals surface area (Å²) in [5, 5.41) is 12.4. The zero-order valence-corrected chi connectivity index (χ0v) is 12.2. The van der Waals surface area contributed by atoms with E-state index in [1.165, 1.54) is 0 Å². The van der Waals surface area contributed by atoms with Crippen molar-refractivity contribution in [3.8, 4) is 0 Å². The SMILES string of the molecule is CC(C)[C@@H](NC(=O)C1CC1c1ccccc1Cl)C(=O)O. The van der Waals surface area contributed by atoms with Gasteiger partial charge in [-0.05, 0) is 29.9 Å². The van der Waals surface area contributed by atoms with Crippen molar-refractivity contribution < 1.29 is 14.7 Å². The largest absolute Gasteiger partial charge is 0.480 e. The van der Waals surface area contributed by atoms with Crippen LogP contribution in [0.1, 0.15) is 31.7 Å². The molecule has 2 N–H and O–H groups in total. The second-order valence-electron chi connectivity index (χ2n) is 5.54. The van der Waals surface area contributed by atoms with Crippen molar-refractivity contribution >= 4 is 23.5 Å². The summed E-state index contributed by atoms with van der Waals surface area (Å²) in [5.41, 5.74) is 0.964. The first-order valence-corrected chi connectivity index (χ1v) is 7.07. The van der Waals surface area contributed by atoms with Crippen molar-refractivity contribution in [1.29, 1.82) is 0 Å². The Balaban J connectivity index is 2.00. The van der Waals surface area contributed by atoms with Crippen molar-refractivity contribution in [2.24, 2.45) is 11.8 Å². The molecule has 1 aliphatic carbocycles. The van der Waals surface area contributed by atoms with Crippen LogP contribution in [0.25, 0.3) is 0 Å². The normalized spacial score (nSPS) is 22.4. The van der Waals surface area contributed by atoms with Crippen LogP contribution in [0, 0.1) is 11.8 Å². The second-order valence-corrected chi connectivity index (χ2v) is 5.95. The van der Waals surface area contributed by atoms with Gasteiger partial charge in [0.15, 0.2) is 0 Å². The highest BCUT2D eigenvalue weighted by Crippen LogP contribution is 2.49. The molecule has 2 unspecified atom stereocenters. The quantitative estimate of drug-likeness (QED) is 0.877. The fourth-order valence-electron chi connectivity index (χ4n) is 2.38. The maximum Gasteiger partial charge on any atom is 0.326 e. The van der Waals surface area contributed by atoms with Crippen LogP contribution in [0.4, 0.5) is 0 Å². The Morgan fingerprint density at radius 2 is 2.00 bits per heavy atom. The van der Waals surface area contributed by atoms with Gasteiger partial charge in [0.1, 0.15) is 6.04 Å². The summed E-state index contributed by atoms with van der Waals surface area (Å²) in [6, 6.07) is 6.62. The fourth-order valence-corrected chi connectivity index (χ4v) is 2.65. The maximum absolute atomic E-state index is 12.1. The lowest BCUT2D eigenvalue weighted by atomic mass is 10.0. The standard InChI is InChI=1S/C15H18ClNO3/c1-8(2)13(15(19)20)17-14(18)11-7-10(11)9-5-3-4-6-12(9)16/h3-6,8,10-11,13H,7H2,1-2H3,(H,17,18)(H,19,20)/t10?,11?,13-/m1/s1. The predicted molar refractivity (Wildman–Crippen MR) is 76.7 cm³/mol. The number of rotatable bonds is 5. The molecule has 1 fully saturated rings. The molecule has 0 heterocycles. The summed E-state index contributed by atoms with van der Waals surface area (Å²) in [7, 11) is 0. The van der Waals surface area contributed by atoms with Gasteiger partial charge in [-0.3, -0.25) is 4.79 Å². The first kappa shape index (κ1) is 14.9. The van der Waals surface area contributed by atoms with Gasteiger partial charge in [0.05, 0.1) is 0 Å². The van der Waals surface area contributed by atoms with Crippen LogP contribution < -0.4 is 5.32 Å². The zero-order chi connectivity index (χ0) is 14.9. The third-order valence-corrected chi connectivity index (χ3v) is 4.01. The van der Waals surface area contributed by atoms with Crippen LogP contribution in [0.15, 0.2) is 24.3 Å². The molecular formula is C15H18ClNO3. The topological polar surface area (TPSA) is 66.4 Å². The van der Waals surface area contributed by atoms with Crippen LogP contribution in [0.3, 0.4) is 0 Å². The van der Waals surface area contributed by atoms with Gasteiger partial charge < -0.3 is 10.4 Å². The number of hydrogen-bond donors (Lipinski definition) is 2. The predicted octanol–water partition coefficient (Wildman–Crippen LogP) is 2.67. The summed E-state index contributed by atoms with van der Waals surface area (Å²) in [4.78, 5) is 23.2. The molecule has 0 radical (unpaired) electrons. The monoisotopic (exact) mass is 295 g/mol. The van der Waals surface area contributed by atoms with Crippen LogP contribution in [-0.2, 0) is 9.59 Å². The number of carboxylic acid groups (broad SMARTS) is 1. The average Bonchev–Trinajstić information content (AvgIpc) is 3.15. The number of amides is 1. The minimum absolute atomic E-state index is 0.102. The molecule has 0 aromatic heterocycles. The third kappa shape index (κ3) is 3.12. The molecule has 0 aliphatic heterocycles. The van der Waals surface area contributed by atoms with E-state index in [0.717, 1.165) is 12.0 Å². The molecule has 2 rings (SSSR count). The summed E-state index contributed by atoms with van der Waals surface area (Å²) in [5.74, 6) is -1.41. The van der Waals surface area contributed by atoms with E-state index in [4.69, 9.17) is 16.7 Å². The van der Waals surface area contributed by atoms with Gasteiger partial charge in [-0.15, -0.1) is 0 Å². The number of nitrogens with one attached hydrogen (secondary N) is 1. The van der Waals surface area contributed by atoms with E-state index in [9.17, 15) is 9.59 Å². The number of aliphatic carboxylic acids is 1. The minimum Gasteiger partial charge on any atom is -0.480 e. The van der Waals surface area contributed by atoms with Crippen molar-refractivity contribution in [1.82, 2.24) is 5.32 Å². The van der Waals surface area contributed by atoms with Gasteiger partial charge in [0, 0.05) is 10.9 Å². The van der Waals surface area contributed by atoms with Gasteiger partial charge in [0.25, 0.3) is 0 Å². The van der Waals surface area contributed by atoms with E-state index in [2.05, 4.69) is 5.32 Å². The van der Waals surface area contributed by atoms with Gasteiger partial charge >= 0.3 is 5.97 Å². The lowest BCUT2D eigenvalue weighted by Crippen LogP contribution is -2.45. The van der Waals surface area contributed by atoms with E-state index in [0.29, 0.717) is 5.02 Å². The van der Waals surface area contributed by atoms with Crippen molar-refractivity contribution in [3.63, 3.8) is 0 Å². The molecule has 20 heavy (non-hydrogen) atoms. The van der Waals surface area contributed by atoms with Gasteiger partial charge in [-0.25, -0.2) is 4.79 Å². The van der Waals surface area contributed by atoms with Gasteiger partial charge in [-0.2, -0.15) is 0 Å². The number of carboxylic acids is 1. The Morgan fingerprint density at radius 1 is 1.35 bits per heavy atom. The Morgan fingerprint density at radius 3 is 2.55 bits per heavy atom. The molecule has 1 saturated carbocycles. The van der Waals surface area contributed by atoms with Gasteiger partial charge in [-0.1, -0.05) is 43.6 Å². The number of halogens is 1. The molecule has 4 nitrogen and oxygen atoms in total. The Kier molecular flexibility index (Phi) is 4.33. The molecule has 0 bridgehead atoms. The van der Waals surface area contributed by atoms with Crippen molar-refractivity contribution in [3.05, 3.63) is 34.9 Å². The third-order valence-electron chi connectivity index (χ3n) is 3.66. The molecule has 1 aromatic rings. The summed E-state index contributed by atoms with van der Waals surface area (Å²) in [6.07, 6.45) is 0.722. The number of benzene rings is 1. The zero-order valence-electron chi connectivity index (χ0n) is 11.5. The second kappa shape index (κ2) is 5.83. The lowest BCUT2D eigenvalue weighted by molar-refractivity contribution is -0.143. The number of carbonyl (C=O) groups is 2. The molecule has 0 spiro atoms. The summed E-state index contributed by atoms with van der Waals surface area (Å²) in [6.45, 7) is 3.55. The highest BCUT2D eigenvalue weighted by atomic mass is 35.5. The van der Waals surface area contributed by atoms with Crippen LogP contribution in [0.2, 0.25) is 5.02 Å². The number of hydrogen-bond acceptors (Lipinski definition) is 2. The number of carbonyl (C=O) groups excluding carboxylic acids is 1. The summed E-state index contributed by atoms with van der Waals surface area (Å²) < 4.78 is 0. The Bertz CT molecular complexity index is 530. The van der Waals surface area contributed by atoms with E-state index in [-0.39, 0.29) is 23.7 Å². The maximum atomic E-state index is 12.1. The molecular weight excluding hydrogens is 278 g/mol. The molecule has 5 heteroatoms. The molecule has 108 valence electrons. The average molecular weight is 296 g/mol. The van der Waals surface area contributed by atoms with E-state index < -0.39 is 12.0 Å². The van der Waals surface area contributed by atoms with Crippen molar-refractivity contribution in [2.75, 3.05) is 0 Å². The minimum atomic E-state index is -0.997. The molecule has 3 atom stereocenters. The highest BCUT2D eigenvalue weighted by Gasteiger charge is 2.45. The van der Waals surface area contributed by atoms with E-state index in [1.54, 1.807) is 19.9 Å². The van der Waals surface area contributed by atoms with Crippen molar-refractivity contribution in [2.45, 2.75) is 32.2 Å². The first-order valence-electron chi connectivity index (χ1n) is 6.69.